The Labute approximate surface area is 138 Å². The fourth-order valence-corrected chi connectivity index (χ4v) is 2.92. The minimum Gasteiger partial charge on any atom is -0.466 e. The zero-order valence-electron chi connectivity index (χ0n) is 14.6. The molecule has 6 heteroatoms. The SMILES string of the molecule is CN=C(NCC1CCCCO1)NCC(C)(O)c1cc(C)oc1C. The first kappa shape index (κ1) is 17.8. The second kappa shape index (κ2) is 7.84. The van der Waals surface area contributed by atoms with E-state index in [-0.39, 0.29) is 6.10 Å². The van der Waals surface area contributed by atoms with E-state index in [9.17, 15) is 5.11 Å². The molecule has 0 radical (unpaired) electrons. The topological polar surface area (TPSA) is 79.0 Å². The van der Waals surface area contributed by atoms with Crippen LogP contribution in [-0.2, 0) is 10.3 Å². The Morgan fingerprint density at radius 3 is 2.74 bits per heavy atom. The normalized spacial score (nSPS) is 21.8. The molecule has 6 nitrogen and oxygen atoms in total. The molecule has 0 aliphatic carbocycles. The summed E-state index contributed by atoms with van der Waals surface area (Å²) < 4.78 is 11.2. The Morgan fingerprint density at radius 2 is 2.17 bits per heavy atom. The molecule has 2 unspecified atom stereocenters. The maximum absolute atomic E-state index is 10.7. The molecule has 2 atom stereocenters. The number of rotatable bonds is 5. The Morgan fingerprint density at radius 1 is 1.39 bits per heavy atom. The van der Waals surface area contributed by atoms with Crippen molar-refractivity contribution in [1.82, 2.24) is 10.6 Å². The molecular formula is C17H29N3O3. The van der Waals surface area contributed by atoms with Gasteiger partial charge in [0.05, 0.1) is 12.6 Å². The smallest absolute Gasteiger partial charge is 0.191 e. The lowest BCUT2D eigenvalue weighted by molar-refractivity contribution is 0.0193. The zero-order valence-corrected chi connectivity index (χ0v) is 14.6. The maximum atomic E-state index is 10.7. The Bertz CT molecular complexity index is 531. The molecule has 1 aromatic rings. The predicted molar refractivity (Wildman–Crippen MR) is 90.7 cm³/mol. The van der Waals surface area contributed by atoms with E-state index in [1.54, 1.807) is 14.0 Å². The summed E-state index contributed by atoms with van der Waals surface area (Å²) in [7, 11) is 1.72. The van der Waals surface area contributed by atoms with Crippen molar-refractivity contribution in [2.75, 3.05) is 26.7 Å². The third-order valence-electron chi connectivity index (χ3n) is 4.22. The van der Waals surface area contributed by atoms with Crippen LogP contribution in [-0.4, -0.2) is 43.9 Å². The predicted octanol–water partition coefficient (Wildman–Crippen LogP) is 1.84. The van der Waals surface area contributed by atoms with E-state index in [1.165, 1.54) is 6.42 Å². The number of nitrogens with one attached hydrogen (secondary N) is 2. The Hall–Kier alpha value is -1.53. The van der Waals surface area contributed by atoms with Crippen molar-refractivity contribution < 1.29 is 14.3 Å². The van der Waals surface area contributed by atoms with Crippen molar-refractivity contribution in [3.05, 3.63) is 23.2 Å². The first-order valence-electron chi connectivity index (χ1n) is 8.28. The molecule has 1 aliphatic rings. The van der Waals surface area contributed by atoms with Gasteiger partial charge in [0.25, 0.3) is 0 Å². The van der Waals surface area contributed by atoms with Gasteiger partial charge in [-0.25, -0.2) is 0 Å². The van der Waals surface area contributed by atoms with Crippen molar-refractivity contribution in [2.45, 2.75) is 51.7 Å². The summed E-state index contributed by atoms with van der Waals surface area (Å²) in [5.74, 6) is 2.21. The fraction of sp³-hybridized carbons (Fsp3) is 0.706. The number of aliphatic imine (C=N–C) groups is 1. The molecule has 3 N–H and O–H groups in total. The minimum absolute atomic E-state index is 0.238. The van der Waals surface area contributed by atoms with E-state index < -0.39 is 5.60 Å². The Kier molecular flexibility index (Phi) is 6.07. The minimum atomic E-state index is -1.03. The summed E-state index contributed by atoms with van der Waals surface area (Å²) in [6.07, 6.45) is 3.68. The van der Waals surface area contributed by atoms with E-state index in [0.29, 0.717) is 12.5 Å². The van der Waals surface area contributed by atoms with Crippen LogP contribution in [0.15, 0.2) is 15.5 Å². The molecule has 2 heterocycles. The lowest BCUT2D eigenvalue weighted by Gasteiger charge is -2.26. The zero-order chi connectivity index (χ0) is 16.9. The largest absolute Gasteiger partial charge is 0.466 e. The number of guanidine groups is 1. The van der Waals surface area contributed by atoms with E-state index in [2.05, 4.69) is 15.6 Å². The van der Waals surface area contributed by atoms with Crippen molar-refractivity contribution in [1.29, 1.82) is 0 Å². The summed E-state index contributed by atoms with van der Waals surface area (Å²) >= 11 is 0. The van der Waals surface area contributed by atoms with E-state index in [1.807, 2.05) is 19.9 Å². The lowest BCUT2D eigenvalue weighted by atomic mass is 9.96. The summed E-state index contributed by atoms with van der Waals surface area (Å²) in [6.45, 7) is 7.43. The molecule has 0 amide bonds. The molecule has 23 heavy (non-hydrogen) atoms. The molecule has 0 saturated carbocycles. The highest BCUT2D eigenvalue weighted by molar-refractivity contribution is 5.79. The van der Waals surface area contributed by atoms with Gasteiger partial charge in [-0.2, -0.15) is 0 Å². The van der Waals surface area contributed by atoms with Gasteiger partial charge < -0.3 is 24.9 Å². The summed E-state index contributed by atoms with van der Waals surface area (Å²) in [6, 6.07) is 1.88. The molecular weight excluding hydrogens is 294 g/mol. The van der Waals surface area contributed by atoms with Crippen LogP contribution in [0.25, 0.3) is 0 Å². The number of aryl methyl sites for hydroxylation is 2. The molecule has 0 aromatic carbocycles. The van der Waals surface area contributed by atoms with Crippen molar-refractivity contribution in [3.8, 4) is 0 Å². The highest BCUT2D eigenvalue weighted by atomic mass is 16.5. The van der Waals surface area contributed by atoms with Crippen molar-refractivity contribution >= 4 is 5.96 Å². The van der Waals surface area contributed by atoms with Gasteiger partial charge in [-0.3, -0.25) is 4.99 Å². The fourth-order valence-electron chi connectivity index (χ4n) is 2.92. The quantitative estimate of drug-likeness (QED) is 0.569. The average Bonchev–Trinajstić information content (AvgIpc) is 2.88. The van der Waals surface area contributed by atoms with Crippen LogP contribution in [0, 0.1) is 13.8 Å². The summed E-state index contributed by atoms with van der Waals surface area (Å²) in [5, 5.41) is 17.1. The van der Waals surface area contributed by atoms with Crippen LogP contribution >= 0.6 is 0 Å². The molecule has 0 bridgehead atoms. The first-order valence-corrected chi connectivity index (χ1v) is 8.28. The Balaban J connectivity index is 1.85. The monoisotopic (exact) mass is 323 g/mol. The van der Waals surface area contributed by atoms with Crippen LogP contribution in [0.4, 0.5) is 0 Å². The van der Waals surface area contributed by atoms with Crippen molar-refractivity contribution in [3.63, 3.8) is 0 Å². The standard InChI is InChI=1S/C17H29N3O3/c1-12-9-15(13(2)23-12)17(3,21)11-20-16(18-4)19-10-14-7-5-6-8-22-14/h9,14,21H,5-8,10-11H2,1-4H3,(H2,18,19,20). The highest BCUT2D eigenvalue weighted by Crippen LogP contribution is 2.26. The van der Waals surface area contributed by atoms with Gasteiger partial charge in [0.1, 0.15) is 17.1 Å². The van der Waals surface area contributed by atoms with E-state index >= 15 is 0 Å². The maximum Gasteiger partial charge on any atom is 0.191 e. The molecule has 0 spiro atoms. The number of aliphatic hydroxyl groups is 1. The molecule has 1 aromatic heterocycles. The van der Waals surface area contributed by atoms with Gasteiger partial charge in [0, 0.05) is 25.8 Å². The molecule has 130 valence electrons. The molecule has 1 aliphatic heterocycles. The third-order valence-corrected chi connectivity index (χ3v) is 4.22. The number of nitrogens with zero attached hydrogens (tertiary/aromatic N) is 1. The summed E-state index contributed by atoms with van der Waals surface area (Å²) in [5.41, 5.74) is -0.227. The first-order chi connectivity index (χ1) is 10.9. The van der Waals surface area contributed by atoms with Gasteiger partial charge in [-0.15, -0.1) is 0 Å². The van der Waals surface area contributed by atoms with Gasteiger partial charge in [-0.05, 0) is 46.1 Å². The van der Waals surface area contributed by atoms with Gasteiger partial charge in [0.15, 0.2) is 5.96 Å². The van der Waals surface area contributed by atoms with Gasteiger partial charge >= 0.3 is 0 Å². The van der Waals surface area contributed by atoms with Gasteiger partial charge in [0.2, 0.25) is 0 Å². The number of ether oxygens (including phenoxy) is 1. The molecule has 1 fully saturated rings. The average molecular weight is 323 g/mol. The van der Waals surface area contributed by atoms with Crippen molar-refractivity contribution in [2.24, 2.45) is 4.99 Å². The summed E-state index contributed by atoms with van der Waals surface area (Å²) in [4.78, 5) is 4.20. The van der Waals surface area contributed by atoms with Crippen LogP contribution in [0.1, 0.15) is 43.3 Å². The number of hydrogen-bond acceptors (Lipinski definition) is 4. The van der Waals surface area contributed by atoms with Crippen LogP contribution in [0.3, 0.4) is 0 Å². The van der Waals surface area contributed by atoms with Gasteiger partial charge in [-0.1, -0.05) is 0 Å². The van der Waals surface area contributed by atoms with E-state index in [4.69, 9.17) is 9.15 Å². The second-order valence-corrected chi connectivity index (χ2v) is 6.40. The lowest BCUT2D eigenvalue weighted by Crippen LogP contribution is -2.47. The molecule has 1 saturated heterocycles. The number of furan rings is 1. The third kappa shape index (κ3) is 4.97. The molecule has 2 rings (SSSR count). The van der Waals surface area contributed by atoms with Crippen LogP contribution in [0.5, 0.6) is 0 Å². The number of hydrogen-bond donors (Lipinski definition) is 3. The van der Waals surface area contributed by atoms with Crippen LogP contribution in [0.2, 0.25) is 0 Å². The van der Waals surface area contributed by atoms with E-state index in [0.717, 1.165) is 43.1 Å². The highest BCUT2D eigenvalue weighted by Gasteiger charge is 2.28. The van der Waals surface area contributed by atoms with Crippen LogP contribution < -0.4 is 10.6 Å². The second-order valence-electron chi connectivity index (χ2n) is 6.40.